The molecule has 1 aromatic heterocycles. The molecule has 1 aliphatic heterocycles. The maximum atomic E-state index is 13.5. The molecule has 0 radical (unpaired) electrons. The molecule has 1 amide bonds. The van der Waals surface area contributed by atoms with E-state index in [4.69, 9.17) is 9.47 Å². The molecule has 1 unspecified atom stereocenters. The lowest BCUT2D eigenvalue weighted by atomic mass is 9.94. The maximum Gasteiger partial charge on any atom is 0.337 e. The van der Waals surface area contributed by atoms with Gasteiger partial charge in [-0.05, 0) is 66.9 Å². The van der Waals surface area contributed by atoms with Crippen LogP contribution in [0.4, 0.5) is 5.13 Å². The van der Waals surface area contributed by atoms with Gasteiger partial charge in [0.2, 0.25) is 0 Å². The normalized spacial score (nSPS) is 15.9. The van der Waals surface area contributed by atoms with E-state index >= 15 is 0 Å². The van der Waals surface area contributed by atoms with Crippen molar-refractivity contribution in [2.45, 2.75) is 33.4 Å². The number of benzene rings is 3. The van der Waals surface area contributed by atoms with Crippen molar-refractivity contribution < 1.29 is 33.8 Å². The number of thiazole rings is 1. The van der Waals surface area contributed by atoms with Gasteiger partial charge in [0.1, 0.15) is 18.1 Å². The summed E-state index contributed by atoms with van der Waals surface area (Å²) in [7, 11) is 1.27. The van der Waals surface area contributed by atoms with Gasteiger partial charge in [-0.2, -0.15) is 0 Å². The van der Waals surface area contributed by atoms with Gasteiger partial charge in [0.25, 0.3) is 5.78 Å². The zero-order valence-corrected chi connectivity index (χ0v) is 24.7. The number of amides is 1. The molecular weight excluding hydrogens is 568 g/mol. The van der Waals surface area contributed by atoms with Crippen LogP contribution in [0.3, 0.4) is 0 Å². The first-order valence-electron chi connectivity index (χ1n) is 13.4. The van der Waals surface area contributed by atoms with Gasteiger partial charge in [-0.1, -0.05) is 47.7 Å². The Morgan fingerprint density at radius 3 is 2.21 bits per heavy atom. The Hall–Kier alpha value is -5.09. The molecule has 3 aromatic carbocycles. The molecule has 10 heteroatoms. The minimum Gasteiger partial charge on any atom is -0.507 e. The number of aryl methyl sites for hydroxylation is 2. The Kier molecular flexibility index (Phi) is 8.22. The minimum atomic E-state index is -1.07. The van der Waals surface area contributed by atoms with Gasteiger partial charge in [0.05, 0.1) is 34.9 Å². The number of nitrogens with zero attached hydrogens (tertiary/aromatic N) is 2. The quantitative estimate of drug-likeness (QED) is 0.0870. The van der Waals surface area contributed by atoms with Crippen molar-refractivity contribution in [3.63, 3.8) is 0 Å². The van der Waals surface area contributed by atoms with E-state index in [1.165, 1.54) is 31.1 Å². The molecule has 0 aliphatic carbocycles. The van der Waals surface area contributed by atoms with Crippen molar-refractivity contribution in [3.8, 4) is 5.75 Å². The van der Waals surface area contributed by atoms with Crippen LogP contribution in [0.2, 0.25) is 0 Å². The van der Waals surface area contributed by atoms with Gasteiger partial charge in [-0.25, -0.2) is 9.78 Å². The Labute approximate surface area is 252 Å². The Morgan fingerprint density at radius 2 is 1.60 bits per heavy atom. The largest absolute Gasteiger partial charge is 0.507 e. The van der Waals surface area contributed by atoms with Gasteiger partial charge in [-0.3, -0.25) is 19.3 Å². The van der Waals surface area contributed by atoms with Crippen LogP contribution in [0.1, 0.15) is 60.9 Å². The number of methoxy groups -OCH3 is 1. The smallest absolute Gasteiger partial charge is 0.337 e. The van der Waals surface area contributed by atoms with Gasteiger partial charge in [0.15, 0.2) is 10.9 Å². The number of Topliss-reactive ketones (excluding diaryl/α,β-unsaturated/α-hetero) is 2. The highest BCUT2D eigenvalue weighted by Gasteiger charge is 2.48. The predicted molar refractivity (Wildman–Crippen MR) is 161 cm³/mol. The highest BCUT2D eigenvalue weighted by molar-refractivity contribution is 7.18. The third-order valence-electron chi connectivity index (χ3n) is 7.19. The molecule has 1 saturated heterocycles. The van der Waals surface area contributed by atoms with Crippen molar-refractivity contribution in [3.05, 3.63) is 117 Å². The molecule has 9 nitrogen and oxygen atoms in total. The van der Waals surface area contributed by atoms with Crippen LogP contribution in [0, 0.1) is 13.8 Å². The average Bonchev–Trinajstić information content (AvgIpc) is 3.52. The first-order chi connectivity index (χ1) is 20.6. The number of hydrogen-bond acceptors (Lipinski definition) is 9. The average molecular weight is 597 g/mol. The SMILES string of the molecule is COC(=O)c1ccc(C2/C(=C(\O)c3ccc(OCc4ccccc4C)cc3)C(=O)C(=O)N2c2nc(C)c(C(C)=O)s2)cc1. The monoisotopic (exact) mass is 596 g/mol. The lowest BCUT2D eigenvalue weighted by Crippen LogP contribution is -2.29. The Morgan fingerprint density at radius 1 is 0.953 bits per heavy atom. The molecule has 218 valence electrons. The summed E-state index contributed by atoms with van der Waals surface area (Å²) >= 11 is 0.994. The minimum absolute atomic E-state index is 0.144. The lowest BCUT2D eigenvalue weighted by molar-refractivity contribution is -0.132. The number of anilines is 1. The molecule has 0 bridgehead atoms. The Balaban J connectivity index is 1.55. The van der Waals surface area contributed by atoms with Crippen molar-refractivity contribution >= 4 is 45.7 Å². The second-order valence-electron chi connectivity index (χ2n) is 9.99. The number of ketones is 2. The molecule has 5 rings (SSSR count). The maximum absolute atomic E-state index is 13.5. The second kappa shape index (κ2) is 12.0. The number of aliphatic hydroxyl groups is 1. The number of carbonyl (C=O) groups is 4. The zero-order valence-electron chi connectivity index (χ0n) is 23.9. The fourth-order valence-electron chi connectivity index (χ4n) is 4.87. The van der Waals surface area contributed by atoms with Gasteiger partial charge in [-0.15, -0.1) is 0 Å². The molecule has 1 atom stereocenters. The number of aliphatic hydroxyl groups excluding tert-OH is 1. The third kappa shape index (κ3) is 5.69. The summed E-state index contributed by atoms with van der Waals surface area (Å²) < 4.78 is 10.7. The van der Waals surface area contributed by atoms with Crippen LogP contribution >= 0.6 is 11.3 Å². The van der Waals surface area contributed by atoms with Gasteiger partial charge < -0.3 is 14.6 Å². The van der Waals surface area contributed by atoms with Crippen molar-refractivity contribution in [2.75, 3.05) is 12.0 Å². The molecule has 43 heavy (non-hydrogen) atoms. The molecule has 0 saturated carbocycles. The number of rotatable bonds is 8. The number of hydrogen-bond donors (Lipinski definition) is 1. The predicted octanol–water partition coefficient (Wildman–Crippen LogP) is 5.95. The number of carbonyl (C=O) groups excluding carboxylic acids is 4. The molecule has 1 N–H and O–H groups in total. The lowest BCUT2D eigenvalue weighted by Gasteiger charge is -2.23. The summed E-state index contributed by atoms with van der Waals surface area (Å²) in [6, 6.07) is 19.5. The van der Waals surface area contributed by atoms with Crippen LogP contribution in [0.5, 0.6) is 5.75 Å². The van der Waals surface area contributed by atoms with Crippen LogP contribution in [-0.2, 0) is 20.9 Å². The summed E-state index contributed by atoms with van der Waals surface area (Å²) in [6.07, 6.45) is 0. The van der Waals surface area contributed by atoms with Crippen molar-refractivity contribution in [2.24, 2.45) is 0 Å². The summed E-state index contributed by atoms with van der Waals surface area (Å²) in [4.78, 5) is 57.1. The number of esters is 1. The molecular formula is C33H28N2O7S. The molecule has 4 aromatic rings. The molecule has 1 fully saturated rings. The van der Waals surface area contributed by atoms with E-state index in [0.29, 0.717) is 34.1 Å². The van der Waals surface area contributed by atoms with E-state index in [2.05, 4.69) is 4.98 Å². The van der Waals surface area contributed by atoms with E-state index in [-0.39, 0.29) is 27.8 Å². The highest BCUT2D eigenvalue weighted by atomic mass is 32.1. The standard InChI is InChI=1S/C33H28N2O7S/c1-18-7-5-6-8-24(18)17-42-25-15-13-22(14-16-25)28(37)26-27(21-9-11-23(12-10-21)32(40)41-4)35(31(39)29(26)38)33-34-19(2)30(43-33)20(3)36/h5-16,27,37H,17H2,1-4H3/b28-26+. The summed E-state index contributed by atoms with van der Waals surface area (Å²) in [5.74, 6) is -2.39. The first kappa shape index (κ1) is 29.4. The van der Waals surface area contributed by atoms with E-state index in [0.717, 1.165) is 22.5 Å². The van der Waals surface area contributed by atoms with Crippen LogP contribution in [-0.4, -0.2) is 40.6 Å². The Bertz CT molecular complexity index is 1770. The van der Waals surface area contributed by atoms with E-state index < -0.39 is 23.7 Å². The molecule has 1 aliphatic rings. The van der Waals surface area contributed by atoms with E-state index in [9.17, 15) is 24.3 Å². The van der Waals surface area contributed by atoms with Gasteiger partial charge >= 0.3 is 11.9 Å². The number of ether oxygens (including phenoxy) is 2. The van der Waals surface area contributed by atoms with Crippen LogP contribution in [0.25, 0.3) is 5.76 Å². The summed E-state index contributed by atoms with van der Waals surface area (Å²) in [5.41, 5.74) is 3.44. The van der Waals surface area contributed by atoms with E-state index in [1.807, 2.05) is 31.2 Å². The van der Waals surface area contributed by atoms with Crippen LogP contribution in [0.15, 0.2) is 78.4 Å². The number of aromatic nitrogens is 1. The topological polar surface area (TPSA) is 123 Å². The molecule has 2 heterocycles. The van der Waals surface area contributed by atoms with Crippen LogP contribution < -0.4 is 9.64 Å². The fraction of sp³-hybridized carbons (Fsp3) is 0.182. The van der Waals surface area contributed by atoms with Crippen molar-refractivity contribution in [1.82, 2.24) is 4.98 Å². The fourth-order valence-corrected chi connectivity index (χ4v) is 5.86. The highest BCUT2D eigenvalue weighted by Crippen LogP contribution is 2.44. The van der Waals surface area contributed by atoms with E-state index in [1.54, 1.807) is 43.3 Å². The third-order valence-corrected chi connectivity index (χ3v) is 8.44. The second-order valence-corrected chi connectivity index (χ2v) is 11.0. The summed E-state index contributed by atoms with van der Waals surface area (Å²) in [5, 5.41) is 11.6. The zero-order chi connectivity index (χ0) is 30.8. The molecule has 0 spiro atoms. The summed E-state index contributed by atoms with van der Waals surface area (Å²) in [6.45, 7) is 5.41. The van der Waals surface area contributed by atoms with Gasteiger partial charge in [0, 0.05) is 12.5 Å². The first-order valence-corrected chi connectivity index (χ1v) is 14.2. The van der Waals surface area contributed by atoms with Crippen molar-refractivity contribution in [1.29, 1.82) is 0 Å².